The molecule has 0 unspecified atom stereocenters. The highest BCUT2D eigenvalue weighted by molar-refractivity contribution is 5.73. The van der Waals surface area contributed by atoms with E-state index in [0.29, 0.717) is 0 Å². The number of nitrogens with two attached hydrogens (primary N) is 1. The SMILES string of the molecule is [2H]c1c([2H])c([2H])c(C[C@H](N)C(=O)O)c([2H])c1[2H]. The zero-order chi connectivity index (χ0) is 13.3. The third-order valence-corrected chi connectivity index (χ3v) is 1.29. The van der Waals surface area contributed by atoms with Crippen LogP contribution in [0.3, 0.4) is 0 Å². The summed E-state index contributed by atoms with van der Waals surface area (Å²) in [4.78, 5) is 10.6. The van der Waals surface area contributed by atoms with E-state index < -0.39 is 42.2 Å². The summed E-state index contributed by atoms with van der Waals surface area (Å²) in [6.45, 7) is 0. The molecule has 0 aromatic heterocycles. The summed E-state index contributed by atoms with van der Waals surface area (Å²) in [6.07, 6.45) is -0.301. The van der Waals surface area contributed by atoms with Crippen molar-refractivity contribution >= 4 is 5.97 Å². The fourth-order valence-electron chi connectivity index (χ4n) is 0.685. The Kier molecular flexibility index (Phi) is 1.31. The molecule has 3 heteroatoms. The summed E-state index contributed by atoms with van der Waals surface area (Å²) in [5.41, 5.74) is 5.21. The molecule has 0 heterocycles. The van der Waals surface area contributed by atoms with Gasteiger partial charge < -0.3 is 10.8 Å². The van der Waals surface area contributed by atoms with E-state index in [-0.39, 0.29) is 12.0 Å². The number of carboxylic acids is 1. The van der Waals surface area contributed by atoms with Crippen molar-refractivity contribution < 1.29 is 16.8 Å². The van der Waals surface area contributed by atoms with Crippen LogP contribution in [0.15, 0.2) is 30.2 Å². The third kappa shape index (κ3) is 2.36. The first-order valence-electron chi connectivity index (χ1n) is 5.81. The molecule has 0 radical (unpaired) electrons. The number of carboxylic acid groups (broad SMARTS) is 1. The van der Waals surface area contributed by atoms with Gasteiger partial charge in [-0.05, 0) is 12.0 Å². The van der Waals surface area contributed by atoms with Gasteiger partial charge in [0.15, 0.2) is 0 Å². The molecule has 1 atom stereocenters. The minimum absolute atomic E-state index is 0.0779. The Labute approximate surface area is 77.8 Å². The van der Waals surface area contributed by atoms with Crippen molar-refractivity contribution in [2.75, 3.05) is 0 Å². The van der Waals surface area contributed by atoms with Crippen molar-refractivity contribution in [3.05, 3.63) is 35.8 Å². The molecule has 1 aromatic carbocycles. The van der Waals surface area contributed by atoms with E-state index in [1.54, 1.807) is 0 Å². The van der Waals surface area contributed by atoms with Crippen LogP contribution in [0.1, 0.15) is 12.4 Å². The molecule has 0 saturated carbocycles. The van der Waals surface area contributed by atoms with Gasteiger partial charge in [-0.1, -0.05) is 30.2 Å². The molecule has 0 aliphatic heterocycles. The van der Waals surface area contributed by atoms with Crippen molar-refractivity contribution in [3.8, 4) is 0 Å². The van der Waals surface area contributed by atoms with Crippen LogP contribution in [0.4, 0.5) is 0 Å². The fraction of sp³-hybridized carbons (Fsp3) is 0.222. The molecular formula is C9H11NO2. The Morgan fingerprint density at radius 2 is 2.17 bits per heavy atom. The van der Waals surface area contributed by atoms with E-state index >= 15 is 0 Å². The van der Waals surface area contributed by atoms with Gasteiger partial charge in [0.05, 0.1) is 6.85 Å². The highest BCUT2D eigenvalue weighted by Gasteiger charge is 2.10. The van der Waals surface area contributed by atoms with Crippen molar-refractivity contribution in [2.45, 2.75) is 12.5 Å². The van der Waals surface area contributed by atoms with Gasteiger partial charge in [0.25, 0.3) is 0 Å². The van der Waals surface area contributed by atoms with Crippen LogP contribution in [0.25, 0.3) is 0 Å². The van der Waals surface area contributed by atoms with Crippen molar-refractivity contribution in [2.24, 2.45) is 5.73 Å². The molecule has 0 aliphatic rings. The lowest BCUT2D eigenvalue weighted by Crippen LogP contribution is -2.32. The van der Waals surface area contributed by atoms with Crippen molar-refractivity contribution in [3.63, 3.8) is 0 Å². The average molecular weight is 170 g/mol. The topological polar surface area (TPSA) is 63.3 Å². The Hall–Kier alpha value is -1.35. The Bertz CT molecular complexity index is 448. The van der Waals surface area contributed by atoms with Gasteiger partial charge in [-0.2, -0.15) is 0 Å². The van der Waals surface area contributed by atoms with E-state index in [1.165, 1.54) is 0 Å². The van der Waals surface area contributed by atoms with Gasteiger partial charge in [-0.25, -0.2) is 0 Å². The minimum Gasteiger partial charge on any atom is -0.480 e. The van der Waals surface area contributed by atoms with E-state index in [2.05, 4.69) is 0 Å². The van der Waals surface area contributed by atoms with E-state index in [4.69, 9.17) is 17.7 Å². The Morgan fingerprint density at radius 3 is 2.67 bits per heavy atom. The summed E-state index contributed by atoms with van der Waals surface area (Å²) in [6, 6.07) is -3.59. The number of carbonyl (C=O) groups is 1. The lowest BCUT2D eigenvalue weighted by Gasteiger charge is -2.04. The predicted molar refractivity (Wildman–Crippen MR) is 45.8 cm³/mol. The third-order valence-electron chi connectivity index (χ3n) is 1.29. The molecular weight excluding hydrogens is 154 g/mol. The number of aliphatic carboxylic acids is 1. The smallest absolute Gasteiger partial charge is 0.320 e. The number of hydrogen-bond donors (Lipinski definition) is 2. The summed E-state index contributed by atoms with van der Waals surface area (Å²) in [7, 11) is 0. The molecule has 0 spiro atoms. The first-order valence-corrected chi connectivity index (χ1v) is 3.31. The molecule has 0 aliphatic carbocycles. The van der Waals surface area contributed by atoms with Crippen LogP contribution in [0.2, 0.25) is 0 Å². The second-order valence-corrected chi connectivity index (χ2v) is 2.25. The van der Waals surface area contributed by atoms with E-state index in [0.717, 1.165) is 0 Å². The maximum Gasteiger partial charge on any atom is 0.320 e. The van der Waals surface area contributed by atoms with Crippen LogP contribution in [-0.4, -0.2) is 17.1 Å². The molecule has 0 amide bonds. The monoisotopic (exact) mass is 170 g/mol. The molecule has 12 heavy (non-hydrogen) atoms. The van der Waals surface area contributed by atoms with Crippen molar-refractivity contribution in [1.29, 1.82) is 0 Å². The average Bonchev–Trinajstić information content (AvgIpc) is 2.29. The molecule has 0 saturated heterocycles. The van der Waals surface area contributed by atoms with Gasteiger partial charge in [0.1, 0.15) is 6.04 Å². The first-order chi connectivity index (χ1) is 7.77. The zero-order valence-corrected chi connectivity index (χ0v) is 6.22. The molecule has 1 rings (SSSR count). The lowest BCUT2D eigenvalue weighted by atomic mass is 10.1. The van der Waals surface area contributed by atoms with Gasteiger partial charge in [0, 0.05) is 0 Å². The fourth-order valence-corrected chi connectivity index (χ4v) is 0.685. The molecule has 3 nitrogen and oxygen atoms in total. The van der Waals surface area contributed by atoms with Crippen LogP contribution < -0.4 is 5.73 Å². The van der Waals surface area contributed by atoms with Crippen LogP contribution in [0, 0.1) is 0 Å². The molecule has 3 N–H and O–H groups in total. The normalized spacial score (nSPS) is 18.2. The summed E-state index contributed by atoms with van der Waals surface area (Å²) in [5.74, 6) is -1.28. The second-order valence-electron chi connectivity index (χ2n) is 2.25. The number of hydrogen-bond acceptors (Lipinski definition) is 2. The Morgan fingerprint density at radius 1 is 1.58 bits per heavy atom. The van der Waals surface area contributed by atoms with E-state index in [9.17, 15) is 4.79 Å². The first kappa shape index (κ1) is 4.05. The highest BCUT2D eigenvalue weighted by Crippen LogP contribution is 2.01. The second kappa shape index (κ2) is 3.88. The van der Waals surface area contributed by atoms with Gasteiger partial charge in [-0.15, -0.1) is 0 Å². The molecule has 0 bridgehead atoms. The lowest BCUT2D eigenvalue weighted by molar-refractivity contribution is -0.138. The standard InChI is InChI=1S/C9H11NO2/c10-8(9(11)12)6-7-4-2-1-3-5-7/h1-5,8H,6,10H2,(H,11,12)/t8-/m0/s1/i1D,2D,3D,4D,5D. The number of benzene rings is 1. The number of rotatable bonds is 3. The highest BCUT2D eigenvalue weighted by atomic mass is 16.4. The molecule has 1 aromatic rings. The van der Waals surface area contributed by atoms with Crippen LogP contribution in [0.5, 0.6) is 0 Å². The van der Waals surface area contributed by atoms with Crippen LogP contribution in [-0.2, 0) is 11.2 Å². The minimum atomic E-state index is -1.29. The van der Waals surface area contributed by atoms with E-state index in [1.807, 2.05) is 0 Å². The maximum atomic E-state index is 10.6. The molecule has 64 valence electrons. The van der Waals surface area contributed by atoms with Gasteiger partial charge >= 0.3 is 5.97 Å². The predicted octanol–water partition coefficient (Wildman–Crippen LogP) is 0.641. The summed E-state index contributed by atoms with van der Waals surface area (Å²) < 4.78 is 37.2. The molecule has 0 fully saturated rings. The van der Waals surface area contributed by atoms with Crippen molar-refractivity contribution in [1.82, 2.24) is 0 Å². The zero-order valence-electron chi connectivity index (χ0n) is 11.2. The summed E-state index contributed by atoms with van der Waals surface area (Å²) in [5, 5.41) is 8.64. The van der Waals surface area contributed by atoms with Gasteiger partial charge in [-0.3, -0.25) is 4.79 Å². The largest absolute Gasteiger partial charge is 0.480 e. The summed E-state index contributed by atoms with van der Waals surface area (Å²) >= 11 is 0. The van der Waals surface area contributed by atoms with Gasteiger partial charge in [0.2, 0.25) is 0 Å². The Balaban J connectivity index is 3.30. The van der Waals surface area contributed by atoms with Crippen LogP contribution >= 0.6 is 0 Å². The quantitative estimate of drug-likeness (QED) is 0.699. The maximum absolute atomic E-state index is 10.6.